The lowest BCUT2D eigenvalue weighted by molar-refractivity contribution is -0.0567. The molecule has 36 heavy (non-hydrogen) atoms. The number of benzene rings is 3. The quantitative estimate of drug-likeness (QED) is 0.195. The molecular weight excluding hydrogens is 452 g/mol. The lowest BCUT2D eigenvalue weighted by Gasteiger charge is -2.40. The Labute approximate surface area is 209 Å². The van der Waals surface area contributed by atoms with Crippen LogP contribution < -0.4 is 20.7 Å². The predicted octanol–water partition coefficient (Wildman–Crippen LogP) is 3.86. The zero-order valence-corrected chi connectivity index (χ0v) is 20.0. The van der Waals surface area contributed by atoms with E-state index < -0.39 is 17.7 Å². The first kappa shape index (κ1) is 23.4. The molecular formula is C28H26N6O2. The fourth-order valence-electron chi connectivity index (χ4n) is 4.78. The molecule has 0 aliphatic carbocycles. The van der Waals surface area contributed by atoms with Crippen LogP contribution in [0.3, 0.4) is 0 Å². The first-order chi connectivity index (χ1) is 17.4. The van der Waals surface area contributed by atoms with E-state index in [1.807, 2.05) is 36.5 Å². The minimum Gasteiger partial charge on any atom is -0.485 e. The Morgan fingerprint density at radius 3 is 2.64 bits per heavy atom. The van der Waals surface area contributed by atoms with Crippen LogP contribution >= 0.6 is 0 Å². The van der Waals surface area contributed by atoms with Crippen molar-refractivity contribution in [2.24, 2.45) is 4.99 Å². The summed E-state index contributed by atoms with van der Waals surface area (Å²) in [7, 11) is 0. The minimum atomic E-state index is -1.01. The summed E-state index contributed by atoms with van der Waals surface area (Å²) < 4.78 is 5.98. The maximum Gasteiger partial charge on any atom is 0.209 e. The van der Waals surface area contributed by atoms with Gasteiger partial charge in [-0.25, -0.2) is 4.99 Å². The molecule has 0 saturated heterocycles. The van der Waals surface area contributed by atoms with Gasteiger partial charge in [-0.1, -0.05) is 36.4 Å². The average Bonchev–Trinajstić information content (AvgIpc) is 3.30. The van der Waals surface area contributed by atoms with Gasteiger partial charge in [0.15, 0.2) is 6.19 Å². The van der Waals surface area contributed by atoms with Gasteiger partial charge in [0.05, 0.1) is 17.7 Å². The number of hydrogen-bond donors (Lipinski definition) is 4. The van der Waals surface area contributed by atoms with Crippen molar-refractivity contribution in [3.63, 3.8) is 0 Å². The third kappa shape index (κ3) is 4.36. The smallest absolute Gasteiger partial charge is 0.209 e. The van der Waals surface area contributed by atoms with Gasteiger partial charge in [-0.15, -0.1) is 0 Å². The molecule has 5 rings (SSSR count). The molecule has 0 bridgehead atoms. The van der Waals surface area contributed by atoms with Crippen LogP contribution in [0.15, 0.2) is 71.7 Å². The molecule has 0 spiro atoms. The van der Waals surface area contributed by atoms with Crippen LogP contribution in [-0.2, 0) is 6.54 Å². The largest absolute Gasteiger partial charge is 0.485 e. The van der Waals surface area contributed by atoms with Gasteiger partial charge in [0.2, 0.25) is 5.96 Å². The Hall–Kier alpha value is -4.37. The van der Waals surface area contributed by atoms with Gasteiger partial charge in [-0.3, -0.25) is 5.32 Å². The lowest BCUT2D eigenvalue weighted by Crippen LogP contribution is -2.49. The van der Waals surface area contributed by atoms with E-state index in [4.69, 9.17) is 4.74 Å². The second-order valence-corrected chi connectivity index (χ2v) is 9.44. The first-order valence-electron chi connectivity index (χ1n) is 11.7. The van der Waals surface area contributed by atoms with Crippen LogP contribution in [0.1, 0.15) is 53.7 Å². The van der Waals surface area contributed by atoms with Crippen molar-refractivity contribution in [3.8, 4) is 18.0 Å². The van der Waals surface area contributed by atoms with Gasteiger partial charge in [0, 0.05) is 17.8 Å². The van der Waals surface area contributed by atoms with E-state index in [9.17, 15) is 15.6 Å². The average molecular weight is 479 g/mol. The fourth-order valence-corrected chi connectivity index (χ4v) is 4.78. The Morgan fingerprint density at radius 2 is 1.89 bits per heavy atom. The van der Waals surface area contributed by atoms with E-state index >= 15 is 0 Å². The molecule has 0 fully saturated rings. The molecule has 4 N–H and O–H groups in total. The van der Waals surface area contributed by atoms with Crippen molar-refractivity contribution in [2.75, 3.05) is 5.32 Å². The number of hydrogen-bond acceptors (Lipinski definition) is 6. The molecule has 0 radical (unpaired) electrons. The van der Waals surface area contributed by atoms with Gasteiger partial charge in [-0.05, 0) is 60.9 Å². The SMILES string of the molecule is CC1(C)Oc2ccc(C#N)cc2C(N=C(NC#N)Nc2ccc3c(c2)CNC3c2ccccc2)C1O. The highest BCUT2D eigenvalue weighted by atomic mass is 16.5. The van der Waals surface area contributed by atoms with Crippen LogP contribution in [0, 0.1) is 22.8 Å². The van der Waals surface area contributed by atoms with E-state index in [1.165, 1.54) is 11.1 Å². The molecule has 3 atom stereocenters. The van der Waals surface area contributed by atoms with E-state index in [-0.39, 0.29) is 12.0 Å². The van der Waals surface area contributed by atoms with E-state index in [0.717, 1.165) is 17.8 Å². The zero-order valence-electron chi connectivity index (χ0n) is 20.0. The second kappa shape index (κ2) is 9.35. The first-order valence-corrected chi connectivity index (χ1v) is 11.7. The number of ether oxygens (including phenoxy) is 1. The molecule has 0 amide bonds. The molecule has 2 aliphatic rings. The molecule has 3 aromatic carbocycles. The van der Waals surface area contributed by atoms with Gasteiger partial charge >= 0.3 is 0 Å². The van der Waals surface area contributed by atoms with Gasteiger partial charge in [0.1, 0.15) is 23.5 Å². The second-order valence-electron chi connectivity index (χ2n) is 9.44. The number of aliphatic hydroxyl groups excluding tert-OH is 1. The van der Waals surface area contributed by atoms with Crippen LogP contribution in [0.2, 0.25) is 0 Å². The molecule has 0 aromatic heterocycles. The fraction of sp³-hybridized carbons (Fsp3) is 0.250. The monoisotopic (exact) mass is 478 g/mol. The van der Waals surface area contributed by atoms with Crippen LogP contribution in [0.25, 0.3) is 0 Å². The van der Waals surface area contributed by atoms with Gasteiger partial charge in [0.25, 0.3) is 0 Å². The van der Waals surface area contributed by atoms with Crippen LogP contribution in [0.5, 0.6) is 5.75 Å². The van der Waals surface area contributed by atoms with Crippen molar-refractivity contribution < 1.29 is 9.84 Å². The summed E-state index contributed by atoms with van der Waals surface area (Å²) in [5.74, 6) is 0.739. The van der Waals surface area contributed by atoms with Crippen molar-refractivity contribution in [1.82, 2.24) is 10.6 Å². The van der Waals surface area contributed by atoms with Crippen molar-refractivity contribution in [2.45, 2.75) is 44.2 Å². The maximum absolute atomic E-state index is 11.1. The summed E-state index contributed by atoms with van der Waals surface area (Å²) >= 11 is 0. The van der Waals surface area contributed by atoms with Crippen LogP contribution in [-0.4, -0.2) is 22.8 Å². The zero-order chi connectivity index (χ0) is 25.3. The standard InChI is InChI=1S/C28H26N6O2/c1-28(2)26(35)25(22-12-17(14-29)8-11-23(22)36-28)34-27(32-16-30)33-20-9-10-21-19(13-20)15-31-24(21)18-6-4-3-5-7-18/h3-13,24-26,31,35H,15H2,1-2H3,(H2,32,33,34). The summed E-state index contributed by atoms with van der Waals surface area (Å²) in [4.78, 5) is 4.69. The van der Waals surface area contributed by atoms with Crippen LogP contribution in [0.4, 0.5) is 5.69 Å². The molecule has 3 aromatic rings. The minimum absolute atomic E-state index is 0.131. The summed E-state index contributed by atoms with van der Waals surface area (Å²) in [5, 5.41) is 39.2. The number of nitriles is 2. The van der Waals surface area contributed by atoms with E-state index in [2.05, 4.69) is 45.2 Å². The third-order valence-corrected chi connectivity index (χ3v) is 6.63. The number of guanidine groups is 1. The number of rotatable bonds is 3. The predicted molar refractivity (Wildman–Crippen MR) is 136 cm³/mol. The van der Waals surface area contributed by atoms with E-state index in [1.54, 1.807) is 32.0 Å². The number of aliphatic hydroxyl groups is 1. The Kier molecular flexibility index (Phi) is 6.07. The number of fused-ring (bicyclic) bond motifs is 2. The third-order valence-electron chi connectivity index (χ3n) is 6.63. The molecule has 2 heterocycles. The number of aliphatic imine (C=N–C) groups is 1. The number of anilines is 1. The molecule has 180 valence electrons. The summed E-state index contributed by atoms with van der Waals surface area (Å²) in [6, 6.07) is 22.9. The highest BCUT2D eigenvalue weighted by Gasteiger charge is 2.43. The lowest BCUT2D eigenvalue weighted by atomic mass is 9.86. The molecule has 2 aliphatic heterocycles. The molecule has 8 heteroatoms. The van der Waals surface area contributed by atoms with Crippen molar-refractivity contribution in [1.29, 1.82) is 10.5 Å². The Balaban J connectivity index is 1.46. The topological polar surface area (TPSA) is 125 Å². The molecule has 8 nitrogen and oxygen atoms in total. The summed E-state index contributed by atoms with van der Waals surface area (Å²) in [6.45, 7) is 4.28. The number of nitrogens with zero attached hydrogens (tertiary/aromatic N) is 3. The van der Waals surface area contributed by atoms with Crippen molar-refractivity contribution in [3.05, 3.63) is 94.5 Å². The van der Waals surface area contributed by atoms with E-state index in [0.29, 0.717) is 16.9 Å². The molecule has 3 unspecified atom stereocenters. The van der Waals surface area contributed by atoms with Crippen molar-refractivity contribution >= 4 is 11.6 Å². The molecule has 0 saturated carbocycles. The Morgan fingerprint density at radius 1 is 1.08 bits per heavy atom. The normalized spacial score (nSPS) is 21.8. The van der Waals surface area contributed by atoms with Gasteiger partial charge < -0.3 is 20.5 Å². The Bertz CT molecular complexity index is 1400. The highest BCUT2D eigenvalue weighted by Crippen LogP contribution is 2.42. The summed E-state index contributed by atoms with van der Waals surface area (Å²) in [6.07, 6.45) is 0.912. The summed E-state index contributed by atoms with van der Waals surface area (Å²) in [5.41, 5.74) is 4.43. The number of nitrogens with one attached hydrogen (secondary N) is 3. The highest BCUT2D eigenvalue weighted by molar-refractivity contribution is 5.95. The van der Waals surface area contributed by atoms with Gasteiger partial charge in [-0.2, -0.15) is 10.5 Å². The maximum atomic E-state index is 11.1.